The zero-order chi connectivity index (χ0) is 12.3. The first-order valence-electron chi connectivity index (χ1n) is 6.29. The summed E-state index contributed by atoms with van der Waals surface area (Å²) in [6.45, 7) is 4.29. The first-order valence-corrected chi connectivity index (χ1v) is 6.29. The lowest BCUT2D eigenvalue weighted by Gasteiger charge is -2.29. The summed E-state index contributed by atoms with van der Waals surface area (Å²) in [6, 6.07) is 10.8. The predicted molar refractivity (Wildman–Crippen MR) is 69.8 cm³/mol. The van der Waals surface area contributed by atoms with Crippen molar-refractivity contribution < 1.29 is 4.74 Å². The third kappa shape index (κ3) is 2.86. The summed E-state index contributed by atoms with van der Waals surface area (Å²) in [5, 5.41) is 0. The Balaban J connectivity index is 1.98. The van der Waals surface area contributed by atoms with Gasteiger partial charge in [-0.1, -0.05) is 30.3 Å². The number of likely N-dealkylation sites (tertiary alicyclic amines) is 1. The van der Waals surface area contributed by atoms with E-state index in [1.807, 2.05) is 18.2 Å². The second kappa shape index (κ2) is 5.63. The lowest BCUT2D eigenvalue weighted by molar-refractivity contribution is 0.0996. The van der Waals surface area contributed by atoms with Crippen LogP contribution >= 0.6 is 0 Å². The molecule has 1 aliphatic rings. The Bertz CT molecular complexity index is 341. The molecule has 0 saturated carbocycles. The van der Waals surface area contributed by atoms with Gasteiger partial charge in [-0.2, -0.15) is 0 Å². The van der Waals surface area contributed by atoms with Gasteiger partial charge in [-0.15, -0.1) is 0 Å². The highest BCUT2D eigenvalue weighted by atomic mass is 16.5. The minimum Gasteiger partial charge on any atom is -0.380 e. The van der Waals surface area contributed by atoms with E-state index in [1.165, 1.54) is 5.56 Å². The van der Waals surface area contributed by atoms with Crippen molar-refractivity contribution in [3.63, 3.8) is 0 Å². The molecule has 3 nitrogen and oxygen atoms in total. The molecule has 3 heteroatoms. The van der Waals surface area contributed by atoms with Crippen molar-refractivity contribution in [1.82, 2.24) is 4.90 Å². The van der Waals surface area contributed by atoms with E-state index in [1.54, 1.807) is 7.11 Å². The third-order valence-corrected chi connectivity index (χ3v) is 3.79. The van der Waals surface area contributed by atoms with Crippen LogP contribution < -0.4 is 5.73 Å². The SMILES string of the molecule is COC1CCN(C(C)C(N)c2ccccc2)C1. The average molecular weight is 234 g/mol. The van der Waals surface area contributed by atoms with E-state index < -0.39 is 0 Å². The second-order valence-electron chi connectivity index (χ2n) is 4.82. The molecule has 1 aromatic carbocycles. The lowest BCUT2D eigenvalue weighted by atomic mass is 10.0. The molecule has 2 rings (SSSR count). The van der Waals surface area contributed by atoms with Crippen molar-refractivity contribution >= 4 is 0 Å². The molecule has 17 heavy (non-hydrogen) atoms. The van der Waals surface area contributed by atoms with E-state index in [4.69, 9.17) is 10.5 Å². The zero-order valence-electron chi connectivity index (χ0n) is 10.7. The summed E-state index contributed by atoms with van der Waals surface area (Å²) in [7, 11) is 1.79. The van der Waals surface area contributed by atoms with Crippen molar-refractivity contribution in [2.75, 3.05) is 20.2 Å². The summed E-state index contributed by atoms with van der Waals surface area (Å²) in [4.78, 5) is 2.42. The standard InChI is InChI=1S/C14H22N2O/c1-11(16-9-8-13(10-16)17-2)14(15)12-6-4-3-5-7-12/h3-7,11,13-14H,8-10,15H2,1-2H3. The van der Waals surface area contributed by atoms with Crippen LogP contribution in [0.4, 0.5) is 0 Å². The van der Waals surface area contributed by atoms with E-state index in [2.05, 4.69) is 24.0 Å². The maximum absolute atomic E-state index is 6.32. The van der Waals surface area contributed by atoms with Crippen molar-refractivity contribution in [3.8, 4) is 0 Å². The Morgan fingerprint density at radius 1 is 1.35 bits per heavy atom. The normalized spacial score (nSPS) is 24.8. The molecule has 94 valence electrons. The van der Waals surface area contributed by atoms with E-state index in [0.717, 1.165) is 19.5 Å². The highest BCUT2D eigenvalue weighted by molar-refractivity contribution is 5.20. The summed E-state index contributed by atoms with van der Waals surface area (Å²) in [5.74, 6) is 0. The van der Waals surface area contributed by atoms with Gasteiger partial charge in [0.25, 0.3) is 0 Å². The molecule has 0 aromatic heterocycles. The quantitative estimate of drug-likeness (QED) is 0.863. The molecule has 3 unspecified atom stereocenters. The summed E-state index contributed by atoms with van der Waals surface area (Å²) in [6.07, 6.45) is 1.49. The molecule has 1 fully saturated rings. The molecule has 0 aliphatic carbocycles. The first-order chi connectivity index (χ1) is 8.22. The summed E-state index contributed by atoms with van der Waals surface area (Å²) >= 11 is 0. The van der Waals surface area contributed by atoms with Gasteiger partial charge in [0.2, 0.25) is 0 Å². The molecule has 0 radical (unpaired) electrons. The lowest BCUT2D eigenvalue weighted by Crippen LogP contribution is -2.40. The average Bonchev–Trinajstić information content (AvgIpc) is 2.87. The maximum Gasteiger partial charge on any atom is 0.0710 e. The summed E-state index contributed by atoms with van der Waals surface area (Å²) in [5.41, 5.74) is 7.53. The van der Waals surface area contributed by atoms with Gasteiger partial charge in [0.05, 0.1) is 6.10 Å². The second-order valence-corrected chi connectivity index (χ2v) is 4.82. The van der Waals surface area contributed by atoms with Gasteiger partial charge in [0.15, 0.2) is 0 Å². The number of nitrogens with two attached hydrogens (primary N) is 1. The van der Waals surface area contributed by atoms with Crippen LogP contribution in [0.3, 0.4) is 0 Å². The van der Waals surface area contributed by atoms with Gasteiger partial charge in [-0.05, 0) is 18.9 Å². The molecule has 0 spiro atoms. The predicted octanol–water partition coefficient (Wildman–Crippen LogP) is 1.80. The number of hydrogen-bond donors (Lipinski definition) is 1. The highest BCUT2D eigenvalue weighted by Gasteiger charge is 2.29. The van der Waals surface area contributed by atoms with E-state index >= 15 is 0 Å². The molecule has 1 heterocycles. The number of hydrogen-bond acceptors (Lipinski definition) is 3. The van der Waals surface area contributed by atoms with Crippen LogP contribution in [0.5, 0.6) is 0 Å². The molecule has 3 atom stereocenters. The van der Waals surface area contributed by atoms with Crippen molar-refractivity contribution in [2.24, 2.45) is 5.73 Å². The van der Waals surface area contributed by atoms with Gasteiger partial charge >= 0.3 is 0 Å². The Morgan fingerprint density at radius 3 is 2.65 bits per heavy atom. The van der Waals surface area contributed by atoms with Crippen molar-refractivity contribution in [3.05, 3.63) is 35.9 Å². The number of benzene rings is 1. The zero-order valence-corrected chi connectivity index (χ0v) is 10.7. The van der Waals surface area contributed by atoms with Crippen LogP contribution in [-0.4, -0.2) is 37.2 Å². The molecule has 2 N–H and O–H groups in total. The first kappa shape index (κ1) is 12.6. The van der Waals surface area contributed by atoms with Crippen molar-refractivity contribution in [2.45, 2.75) is 31.5 Å². The van der Waals surface area contributed by atoms with Gasteiger partial charge in [0.1, 0.15) is 0 Å². The monoisotopic (exact) mass is 234 g/mol. The Hall–Kier alpha value is -0.900. The van der Waals surface area contributed by atoms with E-state index in [0.29, 0.717) is 12.1 Å². The number of ether oxygens (including phenoxy) is 1. The largest absolute Gasteiger partial charge is 0.380 e. The number of rotatable bonds is 4. The van der Waals surface area contributed by atoms with Crippen LogP contribution in [0, 0.1) is 0 Å². The fourth-order valence-electron chi connectivity index (χ4n) is 2.50. The topological polar surface area (TPSA) is 38.5 Å². The van der Waals surface area contributed by atoms with Crippen LogP contribution in [-0.2, 0) is 4.74 Å². The molecular formula is C14H22N2O. The van der Waals surface area contributed by atoms with Gasteiger partial charge in [0, 0.05) is 32.3 Å². The molecule has 1 aromatic rings. The molecule has 0 bridgehead atoms. The van der Waals surface area contributed by atoms with Gasteiger partial charge < -0.3 is 10.5 Å². The van der Waals surface area contributed by atoms with Gasteiger partial charge in [-0.3, -0.25) is 4.90 Å². The molecule has 0 amide bonds. The van der Waals surface area contributed by atoms with Crippen LogP contribution in [0.25, 0.3) is 0 Å². The number of nitrogens with zero attached hydrogens (tertiary/aromatic N) is 1. The minimum absolute atomic E-state index is 0.0757. The van der Waals surface area contributed by atoms with E-state index in [9.17, 15) is 0 Å². The summed E-state index contributed by atoms with van der Waals surface area (Å²) < 4.78 is 5.39. The van der Waals surface area contributed by atoms with Crippen LogP contribution in [0.2, 0.25) is 0 Å². The van der Waals surface area contributed by atoms with Crippen LogP contribution in [0.1, 0.15) is 24.9 Å². The Labute approximate surface area is 104 Å². The number of methoxy groups -OCH3 is 1. The van der Waals surface area contributed by atoms with Crippen molar-refractivity contribution in [1.29, 1.82) is 0 Å². The van der Waals surface area contributed by atoms with Crippen LogP contribution in [0.15, 0.2) is 30.3 Å². The Kier molecular flexibility index (Phi) is 4.15. The molecule has 1 aliphatic heterocycles. The van der Waals surface area contributed by atoms with Gasteiger partial charge in [-0.25, -0.2) is 0 Å². The highest BCUT2D eigenvalue weighted by Crippen LogP contribution is 2.22. The molecular weight excluding hydrogens is 212 g/mol. The molecule has 1 saturated heterocycles. The fourth-order valence-corrected chi connectivity index (χ4v) is 2.50. The fraction of sp³-hybridized carbons (Fsp3) is 0.571. The van der Waals surface area contributed by atoms with E-state index in [-0.39, 0.29) is 6.04 Å². The smallest absolute Gasteiger partial charge is 0.0710 e. The minimum atomic E-state index is 0.0757. The maximum atomic E-state index is 6.32. The Morgan fingerprint density at radius 2 is 2.06 bits per heavy atom. The third-order valence-electron chi connectivity index (χ3n) is 3.79.